The van der Waals surface area contributed by atoms with Crippen LogP contribution in [-0.4, -0.2) is 60.1 Å². The van der Waals surface area contributed by atoms with Crippen molar-refractivity contribution in [1.29, 1.82) is 0 Å². The summed E-state index contributed by atoms with van der Waals surface area (Å²) < 4.78 is 0. The number of aromatic nitrogens is 1. The number of hydrogen-bond acceptors (Lipinski definition) is 5. The van der Waals surface area contributed by atoms with E-state index in [4.69, 9.17) is 4.98 Å². The van der Waals surface area contributed by atoms with Gasteiger partial charge in [0.25, 0.3) is 0 Å². The van der Waals surface area contributed by atoms with Crippen LogP contribution in [0, 0.1) is 6.92 Å². The predicted molar refractivity (Wildman–Crippen MR) is 108 cm³/mol. The summed E-state index contributed by atoms with van der Waals surface area (Å²) in [5.41, 5.74) is 3.75. The Morgan fingerprint density at radius 2 is 1.92 bits per heavy atom. The molecule has 0 aliphatic carbocycles. The van der Waals surface area contributed by atoms with Crippen LogP contribution in [0.5, 0.6) is 0 Å². The van der Waals surface area contributed by atoms with E-state index in [1.54, 1.807) is 11.3 Å². The first kappa shape index (κ1) is 18.8. The van der Waals surface area contributed by atoms with E-state index in [0.29, 0.717) is 0 Å². The van der Waals surface area contributed by atoms with Gasteiger partial charge in [0.1, 0.15) is 5.01 Å². The minimum atomic E-state index is 0. The van der Waals surface area contributed by atoms with Crippen molar-refractivity contribution in [3.05, 3.63) is 40.9 Å². The van der Waals surface area contributed by atoms with Crippen molar-refractivity contribution < 1.29 is 0 Å². The Hall–Kier alpha value is -0.980. The van der Waals surface area contributed by atoms with Gasteiger partial charge in [-0.25, -0.2) is 4.98 Å². The fourth-order valence-electron chi connectivity index (χ4n) is 3.74. The lowest BCUT2D eigenvalue weighted by Crippen LogP contribution is -2.49. The van der Waals surface area contributed by atoms with Gasteiger partial charge in [-0.15, -0.1) is 23.7 Å². The second-order valence-corrected chi connectivity index (χ2v) is 7.83. The minimum Gasteiger partial charge on any atom is -0.314 e. The number of nitrogens with zero attached hydrogens (tertiary/aromatic N) is 3. The van der Waals surface area contributed by atoms with E-state index >= 15 is 0 Å². The van der Waals surface area contributed by atoms with Crippen LogP contribution in [0.3, 0.4) is 0 Å². The third kappa shape index (κ3) is 4.60. The number of benzene rings is 1. The Kier molecular flexibility index (Phi) is 6.47. The first-order valence-electron chi connectivity index (χ1n) is 8.96. The van der Waals surface area contributed by atoms with E-state index < -0.39 is 0 Å². The van der Waals surface area contributed by atoms with E-state index in [1.165, 1.54) is 49.4 Å². The van der Waals surface area contributed by atoms with Gasteiger partial charge in [0.2, 0.25) is 0 Å². The molecule has 1 N–H and O–H groups in total. The number of hydrogen-bond donors (Lipinski definition) is 1. The maximum Gasteiger partial charge on any atom is 0.123 e. The number of piperazine rings is 1. The predicted octanol–water partition coefficient (Wildman–Crippen LogP) is 3.02. The molecule has 136 valence electrons. The molecule has 0 saturated carbocycles. The Labute approximate surface area is 160 Å². The first-order valence-corrected chi connectivity index (χ1v) is 9.84. The van der Waals surface area contributed by atoms with Gasteiger partial charge in [0, 0.05) is 62.8 Å². The number of aryl methyl sites for hydroxylation is 1. The highest BCUT2D eigenvalue weighted by Crippen LogP contribution is 2.25. The lowest BCUT2D eigenvalue weighted by Gasteiger charge is -2.32. The molecule has 25 heavy (non-hydrogen) atoms. The zero-order valence-electron chi connectivity index (χ0n) is 14.8. The molecule has 4 rings (SSSR count). The third-order valence-electron chi connectivity index (χ3n) is 5.15. The molecule has 0 spiro atoms. The molecule has 6 heteroatoms. The van der Waals surface area contributed by atoms with Crippen LogP contribution in [0.4, 0.5) is 0 Å². The van der Waals surface area contributed by atoms with Crippen LogP contribution < -0.4 is 5.32 Å². The largest absolute Gasteiger partial charge is 0.314 e. The van der Waals surface area contributed by atoms with Crippen molar-refractivity contribution in [1.82, 2.24) is 20.1 Å². The quantitative estimate of drug-likeness (QED) is 0.886. The van der Waals surface area contributed by atoms with Gasteiger partial charge in [0.05, 0.1) is 5.69 Å². The molecule has 1 aromatic heterocycles. The molecule has 2 aliphatic rings. The maximum atomic E-state index is 4.86. The van der Waals surface area contributed by atoms with Gasteiger partial charge >= 0.3 is 0 Å². The normalized spacial score (nSPS) is 22.0. The summed E-state index contributed by atoms with van der Waals surface area (Å²) in [5.74, 6) is 0. The third-order valence-corrected chi connectivity index (χ3v) is 6.09. The summed E-state index contributed by atoms with van der Waals surface area (Å²) in [7, 11) is 0. The highest BCUT2D eigenvalue weighted by atomic mass is 35.5. The standard InChI is InChI=1S/C19H26N4S.ClH/c1-15-2-4-16(5-3-15)19-21-17(14-24-19)12-22-9-6-18(13-22)23-10-7-20-8-11-23;/h2-5,14,18,20H,6-13H2,1H3;1H. The second kappa shape index (κ2) is 8.60. The number of halogens is 1. The average Bonchev–Trinajstić information content (AvgIpc) is 3.27. The Bertz CT molecular complexity index is 666. The molecule has 1 unspecified atom stereocenters. The van der Waals surface area contributed by atoms with Crippen molar-refractivity contribution in [2.75, 3.05) is 39.3 Å². The molecule has 2 fully saturated rings. The molecule has 1 atom stereocenters. The molecule has 2 saturated heterocycles. The average molecular weight is 379 g/mol. The number of rotatable bonds is 4. The molecule has 1 aromatic carbocycles. The van der Waals surface area contributed by atoms with E-state index in [1.807, 2.05) is 0 Å². The van der Waals surface area contributed by atoms with Crippen molar-refractivity contribution in [3.63, 3.8) is 0 Å². The van der Waals surface area contributed by atoms with Gasteiger partial charge in [-0.1, -0.05) is 29.8 Å². The Balaban J connectivity index is 0.00000182. The fraction of sp³-hybridized carbons (Fsp3) is 0.526. The molecule has 3 heterocycles. The Morgan fingerprint density at radius 1 is 1.16 bits per heavy atom. The summed E-state index contributed by atoms with van der Waals surface area (Å²) in [6, 6.07) is 9.41. The van der Waals surface area contributed by atoms with Crippen molar-refractivity contribution in [2.24, 2.45) is 0 Å². The molecule has 0 bridgehead atoms. The van der Waals surface area contributed by atoms with Crippen LogP contribution in [0.2, 0.25) is 0 Å². The van der Waals surface area contributed by atoms with E-state index in [-0.39, 0.29) is 12.4 Å². The second-order valence-electron chi connectivity index (χ2n) is 6.97. The number of thiazole rings is 1. The van der Waals surface area contributed by atoms with Crippen LogP contribution in [0.1, 0.15) is 17.7 Å². The smallest absolute Gasteiger partial charge is 0.123 e. The van der Waals surface area contributed by atoms with Crippen LogP contribution in [0.15, 0.2) is 29.6 Å². The summed E-state index contributed by atoms with van der Waals surface area (Å²) in [5, 5.41) is 6.82. The highest BCUT2D eigenvalue weighted by Gasteiger charge is 2.28. The van der Waals surface area contributed by atoms with Gasteiger partial charge in [0.15, 0.2) is 0 Å². The molecule has 0 amide bonds. The summed E-state index contributed by atoms with van der Waals surface area (Å²) in [6.45, 7) is 10.2. The van der Waals surface area contributed by atoms with Gasteiger partial charge in [-0.2, -0.15) is 0 Å². The molecule has 4 nitrogen and oxygen atoms in total. The van der Waals surface area contributed by atoms with E-state index in [9.17, 15) is 0 Å². The Morgan fingerprint density at radius 3 is 2.68 bits per heavy atom. The van der Waals surface area contributed by atoms with Gasteiger partial charge in [-0.05, 0) is 13.3 Å². The molecule has 2 aliphatic heterocycles. The fourth-order valence-corrected chi connectivity index (χ4v) is 4.56. The molecule has 2 aromatic rings. The van der Waals surface area contributed by atoms with Crippen LogP contribution in [-0.2, 0) is 6.54 Å². The summed E-state index contributed by atoms with van der Waals surface area (Å²) in [4.78, 5) is 10.1. The maximum absolute atomic E-state index is 4.86. The lowest BCUT2D eigenvalue weighted by atomic mass is 10.2. The van der Waals surface area contributed by atoms with Crippen LogP contribution in [0.25, 0.3) is 10.6 Å². The SMILES string of the molecule is Cc1ccc(-c2nc(CN3CCC(N4CCNCC4)C3)cs2)cc1.Cl. The number of nitrogens with one attached hydrogen (secondary N) is 1. The van der Waals surface area contributed by atoms with Crippen molar-refractivity contribution >= 4 is 23.7 Å². The summed E-state index contributed by atoms with van der Waals surface area (Å²) >= 11 is 1.76. The molecular formula is C19H27ClN4S. The highest BCUT2D eigenvalue weighted by molar-refractivity contribution is 7.13. The monoisotopic (exact) mass is 378 g/mol. The first-order chi connectivity index (χ1) is 11.8. The zero-order chi connectivity index (χ0) is 16.4. The topological polar surface area (TPSA) is 31.4 Å². The van der Waals surface area contributed by atoms with Crippen molar-refractivity contribution in [2.45, 2.75) is 25.9 Å². The molecular weight excluding hydrogens is 352 g/mol. The van der Waals surface area contributed by atoms with Gasteiger partial charge in [-0.3, -0.25) is 9.80 Å². The van der Waals surface area contributed by atoms with Crippen molar-refractivity contribution in [3.8, 4) is 10.6 Å². The lowest BCUT2D eigenvalue weighted by molar-refractivity contribution is 0.170. The zero-order valence-corrected chi connectivity index (χ0v) is 16.4. The molecule has 0 radical (unpaired) electrons. The minimum absolute atomic E-state index is 0. The van der Waals surface area contributed by atoms with E-state index in [2.05, 4.69) is 51.7 Å². The van der Waals surface area contributed by atoms with Gasteiger partial charge < -0.3 is 5.32 Å². The number of likely N-dealkylation sites (tertiary alicyclic amines) is 1. The van der Waals surface area contributed by atoms with E-state index in [0.717, 1.165) is 30.7 Å². The van der Waals surface area contributed by atoms with Crippen LogP contribution >= 0.6 is 23.7 Å². The summed E-state index contributed by atoms with van der Waals surface area (Å²) in [6.07, 6.45) is 1.30.